The Morgan fingerprint density at radius 2 is 1.96 bits per heavy atom. The number of aliphatic imine (C=N–C) groups is 1. The molecule has 0 aliphatic carbocycles. The van der Waals surface area contributed by atoms with Crippen molar-refractivity contribution in [2.45, 2.75) is 39.0 Å². The van der Waals surface area contributed by atoms with Crippen molar-refractivity contribution >= 4 is 5.96 Å². The monoisotopic (exact) mass is 397 g/mol. The molecule has 2 aliphatic heterocycles. The summed E-state index contributed by atoms with van der Waals surface area (Å²) in [6, 6.07) is 0. The van der Waals surface area contributed by atoms with Crippen LogP contribution in [0, 0.1) is 5.92 Å². The Bertz CT molecular complexity index is 416. The Kier molecular flexibility index (Phi) is 12.5. The van der Waals surface area contributed by atoms with Gasteiger partial charge in [-0.05, 0) is 71.6 Å². The number of nitrogens with one attached hydrogen (secondary N) is 2. The van der Waals surface area contributed by atoms with Gasteiger partial charge in [-0.2, -0.15) is 0 Å². The van der Waals surface area contributed by atoms with Gasteiger partial charge in [0.2, 0.25) is 0 Å². The maximum absolute atomic E-state index is 5.82. The lowest BCUT2D eigenvalue weighted by atomic mass is 10.0. The molecular formula is C21H43N5O2. The van der Waals surface area contributed by atoms with Crippen LogP contribution in [0.25, 0.3) is 0 Å². The number of nitrogens with zero attached hydrogens (tertiary/aromatic N) is 3. The van der Waals surface area contributed by atoms with Gasteiger partial charge < -0.3 is 29.9 Å². The van der Waals surface area contributed by atoms with Crippen LogP contribution in [-0.2, 0) is 9.47 Å². The van der Waals surface area contributed by atoms with Crippen LogP contribution in [-0.4, -0.2) is 102 Å². The molecule has 0 aromatic rings. The van der Waals surface area contributed by atoms with Crippen molar-refractivity contribution in [3.63, 3.8) is 0 Å². The molecule has 2 saturated heterocycles. The van der Waals surface area contributed by atoms with E-state index in [1.54, 1.807) is 0 Å². The molecule has 2 rings (SSSR count). The van der Waals surface area contributed by atoms with Gasteiger partial charge in [0.25, 0.3) is 0 Å². The maximum Gasteiger partial charge on any atom is 0.191 e. The summed E-state index contributed by atoms with van der Waals surface area (Å²) in [5.74, 6) is 1.61. The SMILES string of the molecule is CCNC(=NCCCOCC1CCOCC1)NCCCN1CCCN(C)CC1. The van der Waals surface area contributed by atoms with Crippen molar-refractivity contribution in [1.82, 2.24) is 20.4 Å². The van der Waals surface area contributed by atoms with Gasteiger partial charge >= 0.3 is 0 Å². The molecule has 0 aromatic heterocycles. The van der Waals surface area contributed by atoms with E-state index >= 15 is 0 Å². The molecule has 0 aromatic carbocycles. The second kappa shape index (κ2) is 15.0. The minimum atomic E-state index is 0.681. The lowest BCUT2D eigenvalue weighted by molar-refractivity contribution is 0.0205. The zero-order valence-corrected chi connectivity index (χ0v) is 18.3. The molecule has 0 saturated carbocycles. The average Bonchev–Trinajstić information content (AvgIpc) is 2.92. The van der Waals surface area contributed by atoms with E-state index in [-0.39, 0.29) is 0 Å². The third-order valence-corrected chi connectivity index (χ3v) is 5.51. The molecule has 2 fully saturated rings. The van der Waals surface area contributed by atoms with Crippen LogP contribution in [0.4, 0.5) is 0 Å². The molecule has 2 aliphatic rings. The Hall–Kier alpha value is -0.890. The number of hydrogen-bond donors (Lipinski definition) is 2. The highest BCUT2D eigenvalue weighted by Gasteiger charge is 2.13. The molecule has 0 unspecified atom stereocenters. The van der Waals surface area contributed by atoms with E-state index < -0.39 is 0 Å². The Morgan fingerprint density at radius 3 is 2.79 bits per heavy atom. The number of ether oxygens (including phenoxy) is 2. The average molecular weight is 398 g/mol. The van der Waals surface area contributed by atoms with Gasteiger partial charge in [0.05, 0.1) is 0 Å². The molecule has 0 bridgehead atoms. The number of guanidine groups is 1. The van der Waals surface area contributed by atoms with Crippen molar-refractivity contribution in [1.29, 1.82) is 0 Å². The molecular weight excluding hydrogens is 354 g/mol. The second-order valence-corrected chi connectivity index (χ2v) is 8.02. The Labute approximate surface area is 172 Å². The minimum Gasteiger partial charge on any atom is -0.381 e. The Balaban J connectivity index is 1.51. The van der Waals surface area contributed by atoms with Crippen LogP contribution in [0.3, 0.4) is 0 Å². The smallest absolute Gasteiger partial charge is 0.191 e. The highest BCUT2D eigenvalue weighted by Crippen LogP contribution is 2.14. The first-order chi connectivity index (χ1) is 13.8. The molecule has 0 radical (unpaired) electrons. The topological polar surface area (TPSA) is 61.4 Å². The molecule has 7 nitrogen and oxygen atoms in total. The van der Waals surface area contributed by atoms with E-state index in [1.807, 2.05) is 0 Å². The summed E-state index contributed by atoms with van der Waals surface area (Å²) in [5.41, 5.74) is 0. The summed E-state index contributed by atoms with van der Waals surface area (Å²) in [6.45, 7) is 14.2. The highest BCUT2D eigenvalue weighted by molar-refractivity contribution is 5.79. The number of likely N-dealkylation sites (N-methyl/N-ethyl adjacent to an activating group) is 1. The van der Waals surface area contributed by atoms with Gasteiger partial charge in [-0.15, -0.1) is 0 Å². The maximum atomic E-state index is 5.82. The van der Waals surface area contributed by atoms with Crippen molar-refractivity contribution in [3.8, 4) is 0 Å². The van der Waals surface area contributed by atoms with Crippen LogP contribution in [0.2, 0.25) is 0 Å². The van der Waals surface area contributed by atoms with Gasteiger partial charge in [-0.1, -0.05) is 0 Å². The van der Waals surface area contributed by atoms with Gasteiger partial charge in [-0.3, -0.25) is 4.99 Å². The second-order valence-electron chi connectivity index (χ2n) is 8.02. The molecule has 0 atom stereocenters. The van der Waals surface area contributed by atoms with E-state index in [1.165, 1.54) is 39.1 Å². The predicted molar refractivity (Wildman–Crippen MR) is 116 cm³/mol. The van der Waals surface area contributed by atoms with Crippen molar-refractivity contribution < 1.29 is 9.47 Å². The summed E-state index contributed by atoms with van der Waals surface area (Å²) in [5, 5.41) is 6.82. The fourth-order valence-corrected chi connectivity index (χ4v) is 3.70. The van der Waals surface area contributed by atoms with E-state index in [0.717, 1.165) is 77.7 Å². The van der Waals surface area contributed by atoms with Gasteiger partial charge in [0.15, 0.2) is 5.96 Å². The number of rotatable bonds is 11. The predicted octanol–water partition coefficient (Wildman–Crippen LogP) is 1.40. The highest BCUT2D eigenvalue weighted by atomic mass is 16.5. The van der Waals surface area contributed by atoms with E-state index in [9.17, 15) is 0 Å². The van der Waals surface area contributed by atoms with Gasteiger partial charge in [0, 0.05) is 59.2 Å². The van der Waals surface area contributed by atoms with Gasteiger partial charge in [-0.25, -0.2) is 0 Å². The van der Waals surface area contributed by atoms with Crippen LogP contribution in [0.15, 0.2) is 4.99 Å². The fourth-order valence-electron chi connectivity index (χ4n) is 3.70. The van der Waals surface area contributed by atoms with Gasteiger partial charge in [0.1, 0.15) is 0 Å². The lowest BCUT2D eigenvalue weighted by Crippen LogP contribution is -2.39. The number of hydrogen-bond acceptors (Lipinski definition) is 5. The zero-order valence-electron chi connectivity index (χ0n) is 18.3. The molecule has 164 valence electrons. The quantitative estimate of drug-likeness (QED) is 0.312. The Morgan fingerprint density at radius 1 is 1.11 bits per heavy atom. The van der Waals surface area contributed by atoms with E-state index in [2.05, 4.69) is 39.4 Å². The third kappa shape index (κ3) is 10.6. The molecule has 0 amide bonds. The zero-order chi connectivity index (χ0) is 19.9. The van der Waals surface area contributed by atoms with Crippen LogP contribution in [0.5, 0.6) is 0 Å². The summed E-state index contributed by atoms with van der Waals surface area (Å²) >= 11 is 0. The molecule has 2 N–H and O–H groups in total. The molecule has 28 heavy (non-hydrogen) atoms. The summed E-state index contributed by atoms with van der Waals surface area (Å²) in [4.78, 5) is 9.70. The first-order valence-electron chi connectivity index (χ1n) is 11.4. The summed E-state index contributed by atoms with van der Waals surface area (Å²) in [6.07, 6.45) is 5.69. The fraction of sp³-hybridized carbons (Fsp3) is 0.952. The standard InChI is InChI=1S/C21H43N5O2/c1-3-22-21(23-9-4-12-26-13-6-11-25(2)14-15-26)24-10-5-16-28-19-20-7-17-27-18-8-20/h20H,3-19H2,1-2H3,(H2,22,23,24). The third-order valence-electron chi connectivity index (χ3n) is 5.51. The van der Waals surface area contributed by atoms with Crippen LogP contribution in [0.1, 0.15) is 39.0 Å². The first kappa shape index (κ1) is 23.4. The molecule has 2 heterocycles. The van der Waals surface area contributed by atoms with Crippen LogP contribution < -0.4 is 10.6 Å². The largest absolute Gasteiger partial charge is 0.381 e. The van der Waals surface area contributed by atoms with E-state index in [4.69, 9.17) is 9.47 Å². The first-order valence-corrected chi connectivity index (χ1v) is 11.4. The normalized spacial score (nSPS) is 20.9. The van der Waals surface area contributed by atoms with Crippen LogP contribution >= 0.6 is 0 Å². The van der Waals surface area contributed by atoms with Crippen molar-refractivity contribution in [2.24, 2.45) is 10.9 Å². The van der Waals surface area contributed by atoms with Crippen molar-refractivity contribution in [3.05, 3.63) is 0 Å². The molecule has 0 spiro atoms. The lowest BCUT2D eigenvalue weighted by Gasteiger charge is -2.21. The summed E-state index contributed by atoms with van der Waals surface area (Å²) < 4.78 is 11.2. The minimum absolute atomic E-state index is 0.681. The van der Waals surface area contributed by atoms with E-state index in [0.29, 0.717) is 5.92 Å². The summed E-state index contributed by atoms with van der Waals surface area (Å²) in [7, 11) is 2.22. The van der Waals surface area contributed by atoms with Crippen molar-refractivity contribution in [2.75, 3.05) is 85.8 Å². The molecule has 7 heteroatoms.